The van der Waals surface area contributed by atoms with E-state index in [4.69, 9.17) is 4.74 Å². The minimum atomic E-state index is -0.183. The molecule has 2 N–H and O–H groups in total. The minimum Gasteiger partial charge on any atom is -0.373 e. The van der Waals surface area contributed by atoms with E-state index in [1.165, 1.54) is 6.07 Å². The van der Waals surface area contributed by atoms with Crippen molar-refractivity contribution in [2.75, 3.05) is 18.5 Å². The SMILES string of the molecule is CC1(CNc2nc(CSc3ccccn3)cc(=O)[nH]2)CCCO1. The molecule has 0 aliphatic carbocycles. The number of hydrogen-bond donors (Lipinski definition) is 2. The molecular formula is C16H20N4O2S. The van der Waals surface area contributed by atoms with Gasteiger partial charge in [-0.3, -0.25) is 9.78 Å². The van der Waals surface area contributed by atoms with Gasteiger partial charge in [0, 0.05) is 31.2 Å². The number of anilines is 1. The van der Waals surface area contributed by atoms with E-state index in [1.54, 1.807) is 18.0 Å². The topological polar surface area (TPSA) is 79.9 Å². The van der Waals surface area contributed by atoms with Crippen LogP contribution in [0.2, 0.25) is 0 Å². The lowest BCUT2D eigenvalue weighted by molar-refractivity contribution is 0.0314. The maximum absolute atomic E-state index is 11.8. The molecule has 1 unspecified atom stereocenters. The van der Waals surface area contributed by atoms with Gasteiger partial charge in [-0.05, 0) is 31.9 Å². The molecule has 3 rings (SSSR count). The van der Waals surface area contributed by atoms with Crippen molar-refractivity contribution in [2.45, 2.75) is 36.1 Å². The third-order valence-electron chi connectivity index (χ3n) is 3.73. The zero-order valence-corrected chi connectivity index (χ0v) is 13.9. The van der Waals surface area contributed by atoms with Crippen LogP contribution >= 0.6 is 11.8 Å². The summed E-state index contributed by atoms with van der Waals surface area (Å²) in [5, 5.41) is 4.10. The standard InChI is InChI=1S/C16H20N4O2S/c1-16(6-4-8-22-16)11-18-15-19-12(9-13(21)20-15)10-23-14-5-2-3-7-17-14/h2-3,5,7,9H,4,6,8,10-11H2,1H3,(H2,18,19,20,21). The summed E-state index contributed by atoms with van der Waals surface area (Å²) < 4.78 is 5.73. The number of pyridine rings is 1. The maximum atomic E-state index is 11.8. The molecular weight excluding hydrogens is 312 g/mol. The van der Waals surface area contributed by atoms with Gasteiger partial charge in [0.15, 0.2) is 0 Å². The molecule has 0 amide bonds. The van der Waals surface area contributed by atoms with Gasteiger partial charge in [-0.2, -0.15) is 0 Å². The smallest absolute Gasteiger partial charge is 0.252 e. The summed E-state index contributed by atoms with van der Waals surface area (Å²) >= 11 is 1.55. The molecule has 6 nitrogen and oxygen atoms in total. The lowest BCUT2D eigenvalue weighted by Gasteiger charge is -2.23. The third-order valence-corrected chi connectivity index (χ3v) is 4.71. The van der Waals surface area contributed by atoms with Gasteiger partial charge >= 0.3 is 0 Å². The molecule has 1 aliphatic rings. The molecule has 3 heterocycles. The fourth-order valence-corrected chi connectivity index (χ4v) is 3.25. The number of hydrogen-bond acceptors (Lipinski definition) is 6. The molecule has 0 saturated carbocycles. The number of thioether (sulfide) groups is 1. The van der Waals surface area contributed by atoms with Crippen molar-refractivity contribution in [3.05, 3.63) is 46.5 Å². The van der Waals surface area contributed by atoms with Crippen molar-refractivity contribution >= 4 is 17.7 Å². The molecule has 7 heteroatoms. The summed E-state index contributed by atoms with van der Waals surface area (Å²) in [4.78, 5) is 23.3. The van der Waals surface area contributed by atoms with Crippen LogP contribution in [0.4, 0.5) is 5.95 Å². The summed E-state index contributed by atoms with van der Waals surface area (Å²) in [6.45, 7) is 3.50. The van der Waals surface area contributed by atoms with Crippen LogP contribution in [-0.4, -0.2) is 33.7 Å². The number of H-pyrrole nitrogens is 1. The zero-order valence-electron chi connectivity index (χ0n) is 13.0. The number of nitrogens with zero attached hydrogens (tertiary/aromatic N) is 2. The van der Waals surface area contributed by atoms with E-state index in [0.717, 1.165) is 30.2 Å². The monoisotopic (exact) mass is 332 g/mol. The van der Waals surface area contributed by atoms with E-state index >= 15 is 0 Å². The van der Waals surface area contributed by atoms with E-state index in [1.807, 2.05) is 18.2 Å². The van der Waals surface area contributed by atoms with Crippen LogP contribution in [0.5, 0.6) is 0 Å². The molecule has 23 heavy (non-hydrogen) atoms. The quantitative estimate of drug-likeness (QED) is 0.791. The average molecular weight is 332 g/mol. The van der Waals surface area contributed by atoms with E-state index in [9.17, 15) is 4.79 Å². The average Bonchev–Trinajstić information content (AvgIpc) is 2.99. The van der Waals surface area contributed by atoms with Crippen LogP contribution in [0.3, 0.4) is 0 Å². The Labute approximate surface area is 139 Å². The van der Waals surface area contributed by atoms with Crippen molar-refractivity contribution in [1.29, 1.82) is 0 Å². The first-order valence-electron chi connectivity index (χ1n) is 7.65. The lowest BCUT2D eigenvalue weighted by atomic mass is 10.0. The normalized spacial score (nSPS) is 20.6. The predicted molar refractivity (Wildman–Crippen MR) is 90.7 cm³/mol. The molecule has 1 fully saturated rings. The van der Waals surface area contributed by atoms with E-state index in [2.05, 4.69) is 27.2 Å². The Morgan fingerprint density at radius 2 is 2.39 bits per heavy atom. The molecule has 2 aromatic rings. The number of aromatic nitrogens is 3. The van der Waals surface area contributed by atoms with Crippen molar-refractivity contribution < 1.29 is 4.74 Å². The molecule has 2 aromatic heterocycles. The van der Waals surface area contributed by atoms with Crippen LogP contribution in [-0.2, 0) is 10.5 Å². The number of aromatic amines is 1. The molecule has 0 aromatic carbocycles. The van der Waals surface area contributed by atoms with Crippen molar-refractivity contribution in [1.82, 2.24) is 15.0 Å². The van der Waals surface area contributed by atoms with E-state index in [-0.39, 0.29) is 11.2 Å². The van der Waals surface area contributed by atoms with Crippen LogP contribution in [0.1, 0.15) is 25.5 Å². The predicted octanol–water partition coefficient (Wildman–Crippen LogP) is 2.44. The van der Waals surface area contributed by atoms with Crippen LogP contribution in [0.15, 0.2) is 40.3 Å². The van der Waals surface area contributed by atoms with Crippen molar-refractivity contribution in [3.8, 4) is 0 Å². The van der Waals surface area contributed by atoms with Gasteiger partial charge in [-0.25, -0.2) is 9.97 Å². The Balaban J connectivity index is 1.63. The zero-order chi connectivity index (χ0) is 16.1. The molecule has 0 spiro atoms. The molecule has 1 aliphatic heterocycles. The lowest BCUT2D eigenvalue weighted by Crippen LogP contribution is -2.33. The number of ether oxygens (including phenoxy) is 1. The second-order valence-electron chi connectivity index (χ2n) is 5.80. The molecule has 0 radical (unpaired) electrons. The van der Waals surface area contributed by atoms with Crippen LogP contribution in [0, 0.1) is 0 Å². The van der Waals surface area contributed by atoms with Gasteiger partial charge in [-0.15, -0.1) is 11.8 Å². The minimum absolute atomic E-state index is 0.156. The fourth-order valence-electron chi connectivity index (χ4n) is 2.49. The first-order chi connectivity index (χ1) is 11.1. The van der Waals surface area contributed by atoms with Crippen LogP contribution in [0.25, 0.3) is 0 Å². The maximum Gasteiger partial charge on any atom is 0.252 e. The summed E-state index contributed by atoms with van der Waals surface area (Å²) in [5.41, 5.74) is 0.387. The highest BCUT2D eigenvalue weighted by Crippen LogP contribution is 2.25. The Kier molecular flexibility index (Phi) is 4.97. The van der Waals surface area contributed by atoms with Crippen LogP contribution < -0.4 is 10.9 Å². The van der Waals surface area contributed by atoms with E-state index in [0.29, 0.717) is 18.2 Å². The van der Waals surface area contributed by atoms with Crippen molar-refractivity contribution in [2.24, 2.45) is 0 Å². The fraction of sp³-hybridized carbons (Fsp3) is 0.438. The summed E-state index contributed by atoms with van der Waals surface area (Å²) in [7, 11) is 0. The highest BCUT2D eigenvalue weighted by Gasteiger charge is 2.29. The molecule has 0 bridgehead atoms. The van der Waals surface area contributed by atoms with Crippen molar-refractivity contribution in [3.63, 3.8) is 0 Å². The van der Waals surface area contributed by atoms with E-state index < -0.39 is 0 Å². The highest BCUT2D eigenvalue weighted by molar-refractivity contribution is 7.98. The van der Waals surface area contributed by atoms with Gasteiger partial charge in [-0.1, -0.05) is 6.07 Å². The van der Waals surface area contributed by atoms with Gasteiger partial charge in [0.1, 0.15) is 0 Å². The molecule has 122 valence electrons. The Bertz CT molecular complexity index is 699. The summed E-state index contributed by atoms with van der Waals surface area (Å²) in [6.07, 6.45) is 3.84. The largest absolute Gasteiger partial charge is 0.373 e. The first-order valence-corrected chi connectivity index (χ1v) is 8.63. The summed E-state index contributed by atoms with van der Waals surface area (Å²) in [5.74, 6) is 1.09. The second kappa shape index (κ2) is 7.14. The number of nitrogens with one attached hydrogen (secondary N) is 2. The van der Waals surface area contributed by atoms with Gasteiger partial charge in [0.25, 0.3) is 5.56 Å². The summed E-state index contributed by atoms with van der Waals surface area (Å²) in [6, 6.07) is 7.28. The molecule has 1 saturated heterocycles. The second-order valence-corrected chi connectivity index (χ2v) is 6.79. The Morgan fingerprint density at radius 3 is 3.13 bits per heavy atom. The third kappa shape index (κ3) is 4.56. The highest BCUT2D eigenvalue weighted by atomic mass is 32.2. The Hall–Kier alpha value is -1.86. The van der Waals surface area contributed by atoms with Gasteiger partial charge in [0.2, 0.25) is 5.95 Å². The van der Waals surface area contributed by atoms with Gasteiger partial charge < -0.3 is 10.1 Å². The van der Waals surface area contributed by atoms with Gasteiger partial charge in [0.05, 0.1) is 16.3 Å². The first kappa shape index (κ1) is 16.0. The number of rotatable bonds is 6. The Morgan fingerprint density at radius 1 is 1.48 bits per heavy atom. The molecule has 1 atom stereocenters.